The van der Waals surface area contributed by atoms with Gasteiger partial charge in [0, 0.05) is 27.9 Å². The molecule has 2 aromatic carbocycles. The van der Waals surface area contributed by atoms with Crippen LogP contribution >= 0.6 is 23.7 Å². The van der Waals surface area contributed by atoms with Crippen molar-refractivity contribution in [3.63, 3.8) is 0 Å². The largest absolute Gasteiger partial charge is 0.507 e. The van der Waals surface area contributed by atoms with E-state index in [1.54, 1.807) is 12.1 Å². The van der Waals surface area contributed by atoms with Gasteiger partial charge in [-0.25, -0.2) is 0 Å². The van der Waals surface area contributed by atoms with Crippen LogP contribution in [0, 0.1) is 0 Å². The number of thiophene rings is 1. The Labute approximate surface area is 167 Å². The van der Waals surface area contributed by atoms with Gasteiger partial charge in [0.1, 0.15) is 10.4 Å². The number of halogens is 1. The van der Waals surface area contributed by atoms with E-state index in [2.05, 4.69) is 36.3 Å². The van der Waals surface area contributed by atoms with Gasteiger partial charge in [0.2, 0.25) is 0 Å². The second-order valence-corrected chi connectivity index (χ2v) is 7.32. The maximum Gasteiger partial charge on any atom is 0.266 e. The summed E-state index contributed by atoms with van der Waals surface area (Å²) in [4.78, 5) is 15.2. The molecule has 0 bridgehead atoms. The van der Waals surface area contributed by atoms with Gasteiger partial charge in [-0.2, -0.15) is 0 Å². The molecule has 0 saturated heterocycles. The number of benzene rings is 2. The third-order valence-electron chi connectivity index (χ3n) is 4.78. The Morgan fingerprint density at radius 2 is 1.89 bits per heavy atom. The Kier molecular flexibility index (Phi) is 5.56. The Hall–Kier alpha value is -2.34. The molecular weight excluding hydrogens is 380 g/mol. The summed E-state index contributed by atoms with van der Waals surface area (Å²) in [7, 11) is 0. The Balaban J connectivity index is 0.00000210. The number of aromatic nitrogens is 1. The molecule has 0 saturated carbocycles. The van der Waals surface area contributed by atoms with Crippen LogP contribution < -0.4 is 10.9 Å². The van der Waals surface area contributed by atoms with Crippen LogP contribution in [0.15, 0.2) is 52.6 Å². The van der Waals surface area contributed by atoms with Crippen molar-refractivity contribution in [3.8, 4) is 16.9 Å². The molecule has 0 aliphatic rings. The van der Waals surface area contributed by atoms with E-state index in [1.165, 1.54) is 16.9 Å². The second-order valence-electron chi connectivity index (χ2n) is 6.40. The lowest BCUT2D eigenvalue weighted by Crippen LogP contribution is -2.17. The van der Waals surface area contributed by atoms with Crippen LogP contribution in [0.2, 0.25) is 0 Å². The topological polar surface area (TPSA) is 65.1 Å². The molecule has 0 aliphatic heterocycles. The van der Waals surface area contributed by atoms with Crippen LogP contribution in [0.3, 0.4) is 0 Å². The summed E-state index contributed by atoms with van der Waals surface area (Å²) < 4.78 is 0.682. The maximum atomic E-state index is 12.3. The van der Waals surface area contributed by atoms with E-state index in [-0.39, 0.29) is 29.8 Å². The average Bonchev–Trinajstić information content (AvgIpc) is 3.13. The molecule has 0 amide bonds. The van der Waals surface area contributed by atoms with E-state index in [4.69, 9.17) is 0 Å². The van der Waals surface area contributed by atoms with Crippen molar-refractivity contribution in [2.45, 2.75) is 19.9 Å². The molecule has 140 valence electrons. The van der Waals surface area contributed by atoms with Crippen LogP contribution in [0.4, 0.5) is 0 Å². The minimum Gasteiger partial charge on any atom is -0.507 e. The molecule has 0 aliphatic carbocycles. The van der Waals surface area contributed by atoms with Crippen molar-refractivity contribution < 1.29 is 5.11 Å². The first kappa shape index (κ1) is 19.4. The summed E-state index contributed by atoms with van der Waals surface area (Å²) >= 11 is 1.42. The van der Waals surface area contributed by atoms with Crippen molar-refractivity contribution in [2.75, 3.05) is 6.54 Å². The SMILES string of the molecule is CCNC(C)c1ccc(-c2c(O)ccc3[nH]c(=O)c4sccc4c23)cc1.Cl. The highest BCUT2D eigenvalue weighted by Gasteiger charge is 2.15. The molecule has 2 heterocycles. The minimum atomic E-state index is -0.0889. The average molecular weight is 401 g/mol. The van der Waals surface area contributed by atoms with Crippen molar-refractivity contribution in [1.29, 1.82) is 0 Å². The minimum absolute atomic E-state index is 0. The predicted molar refractivity (Wildman–Crippen MR) is 116 cm³/mol. The molecule has 4 rings (SSSR count). The molecule has 0 spiro atoms. The van der Waals surface area contributed by atoms with Crippen molar-refractivity contribution in [2.24, 2.45) is 0 Å². The highest BCUT2D eigenvalue weighted by Crippen LogP contribution is 2.39. The molecule has 3 N–H and O–H groups in total. The molecule has 1 atom stereocenters. The number of hydrogen-bond donors (Lipinski definition) is 3. The van der Waals surface area contributed by atoms with Crippen LogP contribution in [0.25, 0.3) is 32.1 Å². The van der Waals surface area contributed by atoms with Gasteiger partial charge in [0.15, 0.2) is 0 Å². The summed E-state index contributed by atoms with van der Waals surface area (Å²) in [6.07, 6.45) is 0. The van der Waals surface area contributed by atoms with Gasteiger partial charge < -0.3 is 15.4 Å². The Morgan fingerprint density at radius 3 is 2.59 bits per heavy atom. The van der Waals surface area contributed by atoms with Crippen LogP contribution in [0.1, 0.15) is 25.5 Å². The van der Waals surface area contributed by atoms with E-state index in [9.17, 15) is 9.90 Å². The molecule has 6 heteroatoms. The van der Waals surface area contributed by atoms with E-state index < -0.39 is 0 Å². The number of pyridine rings is 1. The fourth-order valence-corrected chi connectivity index (χ4v) is 4.29. The molecule has 4 nitrogen and oxygen atoms in total. The number of aromatic hydroxyl groups is 1. The number of rotatable bonds is 4. The number of H-pyrrole nitrogens is 1. The van der Waals surface area contributed by atoms with Crippen molar-refractivity contribution in [3.05, 3.63) is 63.8 Å². The number of phenols is 1. The van der Waals surface area contributed by atoms with Crippen LogP contribution in [0.5, 0.6) is 5.75 Å². The Bertz CT molecular complexity index is 1150. The summed E-state index contributed by atoms with van der Waals surface area (Å²) in [6.45, 7) is 5.13. The molecule has 4 aromatic rings. The first-order valence-electron chi connectivity index (χ1n) is 8.69. The lowest BCUT2D eigenvalue weighted by atomic mass is 9.95. The molecule has 0 fully saturated rings. The smallest absolute Gasteiger partial charge is 0.266 e. The Morgan fingerprint density at radius 1 is 1.15 bits per heavy atom. The summed E-state index contributed by atoms with van der Waals surface area (Å²) in [5, 5.41) is 17.7. The van der Waals surface area contributed by atoms with Gasteiger partial charge in [-0.1, -0.05) is 31.2 Å². The molecule has 1 unspecified atom stereocenters. The number of nitrogens with one attached hydrogen (secondary N) is 2. The number of aromatic amines is 1. The standard InChI is InChI=1S/C21H20N2O2S.ClH/c1-3-22-12(2)13-4-6-14(7-5-13)18-17(24)9-8-16-19(18)15-10-11-26-20(15)21(25)23-16;/h4-12,22,24H,3H2,1-2H3,(H,23,25);1H. The van der Waals surface area contributed by atoms with E-state index in [0.29, 0.717) is 4.70 Å². The number of hydrogen-bond acceptors (Lipinski definition) is 4. The monoisotopic (exact) mass is 400 g/mol. The molecular formula is C21H21ClN2O2S. The van der Waals surface area contributed by atoms with Crippen molar-refractivity contribution >= 4 is 44.7 Å². The third kappa shape index (κ3) is 3.34. The third-order valence-corrected chi connectivity index (χ3v) is 5.70. The zero-order valence-electron chi connectivity index (χ0n) is 15.1. The predicted octanol–water partition coefficient (Wildman–Crippen LogP) is 5.21. The quantitative estimate of drug-likeness (QED) is 0.440. The zero-order chi connectivity index (χ0) is 18.3. The number of fused-ring (bicyclic) bond motifs is 3. The van der Waals surface area contributed by atoms with Crippen molar-refractivity contribution in [1.82, 2.24) is 10.3 Å². The summed E-state index contributed by atoms with van der Waals surface area (Å²) in [5.41, 5.74) is 3.53. The second kappa shape index (κ2) is 7.72. The van der Waals surface area contributed by atoms with Gasteiger partial charge in [-0.3, -0.25) is 4.79 Å². The van der Waals surface area contributed by atoms with E-state index in [1.807, 2.05) is 23.6 Å². The highest BCUT2D eigenvalue weighted by atomic mass is 35.5. The first-order chi connectivity index (χ1) is 12.6. The highest BCUT2D eigenvalue weighted by molar-refractivity contribution is 7.17. The van der Waals surface area contributed by atoms with E-state index in [0.717, 1.165) is 34.0 Å². The maximum absolute atomic E-state index is 12.3. The first-order valence-corrected chi connectivity index (χ1v) is 9.57. The normalized spacial score (nSPS) is 12.2. The van der Waals surface area contributed by atoms with E-state index >= 15 is 0 Å². The zero-order valence-corrected chi connectivity index (χ0v) is 16.7. The van der Waals surface area contributed by atoms with Gasteiger partial charge >= 0.3 is 0 Å². The van der Waals surface area contributed by atoms with Gasteiger partial charge in [0.05, 0.1) is 0 Å². The van der Waals surface area contributed by atoms with Gasteiger partial charge in [0.25, 0.3) is 5.56 Å². The van der Waals surface area contributed by atoms with Gasteiger partial charge in [-0.15, -0.1) is 23.7 Å². The molecule has 2 aromatic heterocycles. The molecule has 0 radical (unpaired) electrons. The summed E-state index contributed by atoms with van der Waals surface area (Å²) in [6, 6.07) is 13.8. The van der Waals surface area contributed by atoms with Crippen LogP contribution in [-0.4, -0.2) is 16.6 Å². The lowest BCUT2D eigenvalue weighted by molar-refractivity contribution is 0.478. The van der Waals surface area contributed by atoms with Gasteiger partial charge in [-0.05, 0) is 48.2 Å². The van der Waals surface area contributed by atoms with Crippen LogP contribution in [-0.2, 0) is 0 Å². The lowest BCUT2D eigenvalue weighted by Gasteiger charge is -2.15. The fraction of sp³-hybridized carbons (Fsp3) is 0.190. The number of phenolic OH excluding ortho intramolecular Hbond substituents is 1. The summed E-state index contributed by atoms with van der Waals surface area (Å²) in [5.74, 6) is 0.213. The fourth-order valence-electron chi connectivity index (χ4n) is 3.49. The molecule has 27 heavy (non-hydrogen) atoms.